The molecule has 0 aromatic carbocycles. The molecule has 0 aromatic rings. The highest BCUT2D eigenvalue weighted by Crippen LogP contribution is 2.38. The van der Waals surface area contributed by atoms with E-state index in [1.807, 2.05) is 13.8 Å². The Morgan fingerprint density at radius 2 is 1.07 bits per heavy atom. The molecule has 0 radical (unpaired) electrons. The average molecular weight is 813 g/mol. The summed E-state index contributed by atoms with van der Waals surface area (Å²) in [5.41, 5.74) is 0. The van der Waals surface area contributed by atoms with Crippen molar-refractivity contribution < 1.29 is 92.8 Å². The van der Waals surface area contributed by atoms with Crippen LogP contribution in [0.15, 0.2) is 0 Å². The number of aliphatic hydroxyl groups is 5. The number of aliphatic hydroxyl groups excluding tert-OH is 5. The van der Waals surface area contributed by atoms with Crippen LogP contribution in [0.2, 0.25) is 0 Å². The first kappa shape index (κ1) is 47.7. The van der Waals surface area contributed by atoms with E-state index in [0.29, 0.717) is 0 Å². The topological polar surface area (TPSA) is 308 Å². The number of hydrogen-bond donors (Lipinski definition) is 9. The van der Waals surface area contributed by atoms with Gasteiger partial charge < -0.3 is 84.3 Å². The van der Waals surface area contributed by atoms with Gasteiger partial charge in [-0.1, -0.05) is 41.5 Å². The van der Waals surface area contributed by atoms with E-state index in [2.05, 4.69) is 10.6 Å². The average Bonchev–Trinajstić information content (AvgIpc) is 3.15. The number of carbonyl (C=O) groups excluding carboxylic acids is 2. The molecule has 0 aromatic heterocycles. The van der Waals surface area contributed by atoms with Crippen molar-refractivity contribution in [1.82, 2.24) is 10.6 Å². The van der Waals surface area contributed by atoms with Crippen molar-refractivity contribution >= 4 is 23.8 Å². The van der Waals surface area contributed by atoms with Crippen LogP contribution in [0.25, 0.3) is 0 Å². The van der Waals surface area contributed by atoms with Crippen LogP contribution in [0, 0.1) is 17.8 Å². The zero-order chi connectivity index (χ0) is 42.3. The fraction of sp³-hybridized carbons (Fsp3) is 0.886. The number of amides is 2. The maximum absolute atomic E-state index is 12.6. The van der Waals surface area contributed by atoms with Gasteiger partial charge in [0.05, 0.1) is 31.0 Å². The molecular formula is C35H60N2O19. The molecule has 4 saturated heterocycles. The van der Waals surface area contributed by atoms with Gasteiger partial charge in [0.1, 0.15) is 42.7 Å². The Kier molecular flexibility index (Phi) is 17.8. The number of ether oxygens (including phenoxy) is 8. The van der Waals surface area contributed by atoms with Crippen LogP contribution in [0.3, 0.4) is 0 Å². The number of methoxy groups -OCH3 is 1. The third-order valence-corrected chi connectivity index (χ3v) is 10.5. The smallest absolute Gasteiger partial charge is 0.335 e. The molecule has 0 spiro atoms. The second kappa shape index (κ2) is 20.9. The van der Waals surface area contributed by atoms with Crippen LogP contribution in [0.5, 0.6) is 0 Å². The fourth-order valence-corrected chi connectivity index (χ4v) is 7.32. The van der Waals surface area contributed by atoms with E-state index in [9.17, 15) is 54.9 Å². The molecule has 9 N–H and O–H groups in total. The molecule has 0 bridgehead atoms. The predicted octanol–water partition coefficient (Wildman–Crippen LogP) is -2.35. The van der Waals surface area contributed by atoms with Gasteiger partial charge in [-0.15, -0.1) is 0 Å². The summed E-state index contributed by atoms with van der Waals surface area (Å²) in [6.45, 7) is 11.9. The van der Waals surface area contributed by atoms with E-state index in [1.54, 1.807) is 13.8 Å². The maximum atomic E-state index is 12.6. The zero-order valence-corrected chi connectivity index (χ0v) is 33.0. The first-order valence-electron chi connectivity index (χ1n) is 18.8. The summed E-state index contributed by atoms with van der Waals surface area (Å²) < 4.78 is 46.5. The highest BCUT2D eigenvalue weighted by molar-refractivity contribution is 5.74. The van der Waals surface area contributed by atoms with E-state index in [-0.39, 0.29) is 6.42 Å². The first-order chi connectivity index (χ1) is 26.4. The van der Waals surface area contributed by atoms with Crippen molar-refractivity contribution in [3.63, 3.8) is 0 Å². The van der Waals surface area contributed by atoms with Crippen LogP contribution in [-0.2, 0) is 57.1 Å². The molecule has 0 saturated carbocycles. The van der Waals surface area contributed by atoms with E-state index < -0.39 is 153 Å². The maximum Gasteiger partial charge on any atom is 0.335 e. The minimum atomic E-state index is -1.95. The molecule has 20 atom stereocenters. The Hall–Kier alpha value is -2.64. The molecule has 4 aliphatic rings. The van der Waals surface area contributed by atoms with Gasteiger partial charge in [-0.2, -0.15) is 0 Å². The van der Waals surface area contributed by atoms with Crippen molar-refractivity contribution in [2.45, 2.75) is 166 Å². The molecule has 4 aliphatic heterocycles. The zero-order valence-electron chi connectivity index (χ0n) is 33.0. The molecule has 2 amide bonds. The summed E-state index contributed by atoms with van der Waals surface area (Å²) in [7, 11) is 1.23. The molecule has 4 heterocycles. The second-order valence-corrected chi connectivity index (χ2v) is 14.2. The summed E-state index contributed by atoms with van der Waals surface area (Å²) in [6, 6.07) is -2.44. The van der Waals surface area contributed by atoms with Crippen molar-refractivity contribution in [3.05, 3.63) is 0 Å². The Morgan fingerprint density at radius 1 is 0.589 bits per heavy atom. The first-order valence-corrected chi connectivity index (χ1v) is 18.8. The third kappa shape index (κ3) is 10.5. The molecule has 0 aliphatic carbocycles. The molecule has 8 unspecified atom stereocenters. The van der Waals surface area contributed by atoms with Crippen molar-refractivity contribution in [2.75, 3.05) is 13.7 Å². The lowest BCUT2D eigenvalue weighted by atomic mass is 9.88. The molecule has 56 heavy (non-hydrogen) atoms. The number of carbonyl (C=O) groups is 4. The minimum absolute atomic E-state index is 0.150. The van der Waals surface area contributed by atoms with Crippen molar-refractivity contribution in [3.8, 4) is 0 Å². The van der Waals surface area contributed by atoms with Crippen LogP contribution < -0.4 is 10.6 Å². The van der Waals surface area contributed by atoms with Gasteiger partial charge in [0.2, 0.25) is 11.8 Å². The molecule has 21 heteroatoms. The van der Waals surface area contributed by atoms with Crippen LogP contribution >= 0.6 is 0 Å². The predicted molar refractivity (Wildman–Crippen MR) is 187 cm³/mol. The Morgan fingerprint density at radius 3 is 1.59 bits per heavy atom. The quantitative estimate of drug-likeness (QED) is 0.0940. The molecule has 21 nitrogen and oxygen atoms in total. The Labute approximate surface area is 324 Å². The van der Waals surface area contributed by atoms with Gasteiger partial charge in [-0.25, -0.2) is 9.59 Å². The number of hydrogen-bond acceptors (Lipinski definition) is 17. The number of aliphatic carboxylic acids is 2. The number of carboxylic acid groups (broad SMARTS) is 2. The van der Waals surface area contributed by atoms with Crippen LogP contribution in [-0.4, -0.2) is 178 Å². The SMILES string of the molecule is CC.CCC1O[C@@H](O[C@@H]2C(C(=O)O)O[C@@H](OC)C(O)[C@H]2C)C(NC(C)=O)[C@@H](O[C@@H]2OC(C(=O)O)[C@@H](O[C@@H]3OC(CO)[C@@H](O)[C@H](C)C3NC(C)=O)[C@H](O)C2C)[C@@H]1O. The number of carboxylic acids is 2. The monoisotopic (exact) mass is 812 g/mol. The summed E-state index contributed by atoms with van der Waals surface area (Å²) in [5, 5.41) is 79.6. The largest absolute Gasteiger partial charge is 0.479 e. The minimum Gasteiger partial charge on any atom is -0.479 e. The number of rotatable bonds is 13. The van der Waals surface area contributed by atoms with E-state index >= 15 is 0 Å². The van der Waals surface area contributed by atoms with E-state index in [1.165, 1.54) is 27.9 Å². The van der Waals surface area contributed by atoms with Gasteiger partial charge in [0.25, 0.3) is 0 Å². The van der Waals surface area contributed by atoms with Crippen LogP contribution in [0.4, 0.5) is 0 Å². The lowest BCUT2D eigenvalue weighted by Crippen LogP contribution is -2.69. The normalized spacial score (nSPS) is 44.1. The standard InChI is InChI=1S/C33H54N2O19.C2H6/c1-8-15-22(42)24(18(35-14(6)38)32(48-15)50-23-11(3)21(41)33(47-7)54-26(23)28(43)44)51-30-12(4)20(40)25(27(53-30)29(45)46)52-31-17(34-13(5)37)10(2)19(39)16(9-36)49-31;1-2/h10-12,15-27,30-33,36,39-42H,8-9H2,1-7H3,(H,34,37)(H,35,38)(H,43,44)(H,45,46);1-2H3/t10-,11-,12?,15?,16?,17?,18?,19+,20-,21?,22-,23+,24-,25+,26?,27?,30-,31+,32+,33-;/m1./s1. The summed E-state index contributed by atoms with van der Waals surface area (Å²) in [6.07, 6.45) is -21.8. The fourth-order valence-electron chi connectivity index (χ4n) is 7.32. The molecular weight excluding hydrogens is 752 g/mol. The molecule has 324 valence electrons. The summed E-state index contributed by atoms with van der Waals surface area (Å²) in [5.74, 6) is -6.98. The van der Waals surface area contributed by atoms with Gasteiger partial charge in [0, 0.05) is 38.7 Å². The summed E-state index contributed by atoms with van der Waals surface area (Å²) >= 11 is 0. The molecule has 4 rings (SSSR count). The van der Waals surface area contributed by atoms with Crippen LogP contribution in [0.1, 0.15) is 61.8 Å². The third-order valence-electron chi connectivity index (χ3n) is 10.5. The van der Waals surface area contributed by atoms with E-state index in [0.717, 1.165) is 6.92 Å². The second-order valence-electron chi connectivity index (χ2n) is 14.2. The van der Waals surface area contributed by atoms with E-state index in [4.69, 9.17) is 37.9 Å². The van der Waals surface area contributed by atoms with Gasteiger partial charge in [-0.05, 0) is 6.42 Å². The summed E-state index contributed by atoms with van der Waals surface area (Å²) in [4.78, 5) is 49.4. The Bertz CT molecular complexity index is 1310. The van der Waals surface area contributed by atoms with Gasteiger partial charge in [-0.3, -0.25) is 9.59 Å². The lowest BCUT2D eigenvalue weighted by molar-refractivity contribution is -0.359. The van der Waals surface area contributed by atoms with Crippen molar-refractivity contribution in [1.29, 1.82) is 0 Å². The highest BCUT2D eigenvalue weighted by Gasteiger charge is 2.56. The van der Waals surface area contributed by atoms with Gasteiger partial charge in [0.15, 0.2) is 37.4 Å². The highest BCUT2D eigenvalue weighted by atomic mass is 16.8. The Balaban J connectivity index is 0.00000414. The van der Waals surface area contributed by atoms with Gasteiger partial charge >= 0.3 is 11.9 Å². The number of nitrogens with one attached hydrogen (secondary N) is 2. The lowest BCUT2D eigenvalue weighted by Gasteiger charge is -2.50. The van der Waals surface area contributed by atoms with Crippen molar-refractivity contribution in [2.24, 2.45) is 17.8 Å². The molecule has 4 fully saturated rings.